The first-order chi connectivity index (χ1) is 12.2. The molecule has 3 heterocycles. The van der Waals surface area contributed by atoms with E-state index < -0.39 is 6.10 Å². The van der Waals surface area contributed by atoms with Gasteiger partial charge in [0.05, 0.1) is 11.7 Å². The number of carbonyl (C=O) groups is 1. The van der Waals surface area contributed by atoms with E-state index in [1.165, 1.54) is 6.42 Å². The number of pyridine rings is 1. The third-order valence-electron chi connectivity index (χ3n) is 5.13. The predicted molar refractivity (Wildman–Crippen MR) is 96.4 cm³/mol. The molecule has 1 unspecified atom stereocenters. The van der Waals surface area contributed by atoms with Crippen molar-refractivity contribution in [1.82, 2.24) is 9.88 Å². The van der Waals surface area contributed by atoms with Crippen LogP contribution in [0.1, 0.15) is 46.9 Å². The van der Waals surface area contributed by atoms with Crippen molar-refractivity contribution in [2.24, 2.45) is 0 Å². The van der Waals surface area contributed by atoms with Crippen LogP contribution in [0.3, 0.4) is 0 Å². The number of aromatic nitrogens is 1. The zero-order chi connectivity index (χ0) is 17.2. The molecule has 1 fully saturated rings. The summed E-state index contributed by atoms with van der Waals surface area (Å²) in [6.45, 7) is 2.93. The van der Waals surface area contributed by atoms with Crippen LogP contribution in [0.5, 0.6) is 0 Å². The van der Waals surface area contributed by atoms with Crippen molar-refractivity contribution in [3.8, 4) is 0 Å². The molecule has 1 N–H and O–H groups in total. The van der Waals surface area contributed by atoms with Crippen molar-refractivity contribution in [3.63, 3.8) is 0 Å². The molecule has 1 amide bonds. The van der Waals surface area contributed by atoms with Crippen molar-refractivity contribution in [2.45, 2.75) is 31.9 Å². The highest BCUT2D eigenvalue weighted by molar-refractivity contribution is 5.94. The summed E-state index contributed by atoms with van der Waals surface area (Å²) >= 11 is 0. The Morgan fingerprint density at radius 3 is 2.64 bits per heavy atom. The zero-order valence-corrected chi connectivity index (χ0v) is 14.3. The highest BCUT2D eigenvalue weighted by Gasteiger charge is 2.24. The molecule has 2 aliphatic heterocycles. The van der Waals surface area contributed by atoms with E-state index in [9.17, 15) is 9.90 Å². The zero-order valence-electron chi connectivity index (χ0n) is 14.3. The number of fused-ring (bicyclic) bond motifs is 1. The molecule has 2 aliphatic rings. The lowest BCUT2D eigenvalue weighted by Crippen LogP contribution is -2.36. The molecule has 0 aliphatic carbocycles. The predicted octanol–water partition coefficient (Wildman–Crippen LogP) is 2.76. The topological polar surface area (TPSA) is 56.7 Å². The largest absolute Gasteiger partial charge is 0.387 e. The van der Waals surface area contributed by atoms with E-state index in [1.807, 2.05) is 41.3 Å². The molecule has 1 aromatic heterocycles. The number of hydrogen-bond acceptors (Lipinski definition) is 4. The van der Waals surface area contributed by atoms with Crippen molar-refractivity contribution in [3.05, 3.63) is 59.3 Å². The first kappa shape index (κ1) is 16.1. The van der Waals surface area contributed by atoms with Gasteiger partial charge in [-0.25, -0.2) is 4.98 Å². The number of nitrogens with zero attached hydrogens (tertiary/aromatic N) is 3. The summed E-state index contributed by atoms with van der Waals surface area (Å²) in [5.74, 6) is 0.867. The van der Waals surface area contributed by atoms with Gasteiger partial charge < -0.3 is 14.9 Å². The minimum absolute atomic E-state index is 0.0720. The summed E-state index contributed by atoms with van der Waals surface area (Å²) in [6.07, 6.45) is 4.53. The molecule has 0 saturated carbocycles. The summed E-state index contributed by atoms with van der Waals surface area (Å²) in [6, 6.07) is 11.7. The van der Waals surface area contributed by atoms with Crippen molar-refractivity contribution < 1.29 is 9.90 Å². The van der Waals surface area contributed by atoms with E-state index in [1.54, 1.807) is 6.20 Å². The van der Waals surface area contributed by atoms with Crippen LogP contribution in [-0.4, -0.2) is 40.5 Å². The quantitative estimate of drug-likeness (QED) is 0.915. The number of carbonyl (C=O) groups excluding carboxylic acids is 1. The number of aliphatic hydroxyl groups excluding tert-OH is 1. The average Bonchev–Trinajstić information content (AvgIpc) is 2.68. The molecule has 0 bridgehead atoms. The standard InChI is InChI=1S/C20H23N3O2/c24-18-14-23(13-16-6-2-3-7-17(16)18)19-9-8-15(12-21-19)20(25)22-10-4-1-5-11-22/h2-3,6-9,12,18,24H,1,4-5,10-11,13-14H2. The Morgan fingerprint density at radius 2 is 1.88 bits per heavy atom. The van der Waals surface area contributed by atoms with Crippen LogP contribution in [0.4, 0.5) is 5.82 Å². The van der Waals surface area contributed by atoms with Crippen molar-refractivity contribution in [1.29, 1.82) is 0 Å². The maximum Gasteiger partial charge on any atom is 0.255 e. The second kappa shape index (κ2) is 6.84. The summed E-state index contributed by atoms with van der Waals surface area (Å²) in [7, 11) is 0. The van der Waals surface area contributed by atoms with Gasteiger partial charge in [-0.3, -0.25) is 4.79 Å². The van der Waals surface area contributed by atoms with Crippen LogP contribution < -0.4 is 4.90 Å². The van der Waals surface area contributed by atoms with Gasteiger partial charge in [0.25, 0.3) is 5.91 Å². The fourth-order valence-corrected chi connectivity index (χ4v) is 3.73. The lowest BCUT2D eigenvalue weighted by Gasteiger charge is -2.33. The number of hydrogen-bond donors (Lipinski definition) is 1. The van der Waals surface area contributed by atoms with E-state index in [2.05, 4.69) is 9.88 Å². The maximum absolute atomic E-state index is 12.5. The molecule has 2 aromatic rings. The molecule has 130 valence electrons. The summed E-state index contributed by atoms with van der Waals surface area (Å²) < 4.78 is 0. The second-order valence-electron chi connectivity index (χ2n) is 6.85. The molecule has 0 radical (unpaired) electrons. The third kappa shape index (κ3) is 3.24. The molecule has 1 atom stereocenters. The Morgan fingerprint density at radius 1 is 1.08 bits per heavy atom. The van der Waals surface area contributed by atoms with E-state index in [0.717, 1.165) is 49.4 Å². The first-order valence-corrected chi connectivity index (χ1v) is 8.98. The fraction of sp³-hybridized carbons (Fsp3) is 0.400. The van der Waals surface area contributed by atoms with Gasteiger partial charge in [0.1, 0.15) is 5.82 Å². The van der Waals surface area contributed by atoms with Gasteiger partial charge in [0, 0.05) is 32.4 Å². The SMILES string of the molecule is O=C(c1ccc(N2Cc3ccccc3C(O)C2)nc1)N1CCCCC1. The molecular formula is C20H23N3O2. The number of likely N-dealkylation sites (tertiary alicyclic amines) is 1. The van der Waals surface area contributed by atoms with Gasteiger partial charge in [-0.1, -0.05) is 24.3 Å². The van der Waals surface area contributed by atoms with Gasteiger partial charge in [-0.05, 0) is 42.5 Å². The first-order valence-electron chi connectivity index (χ1n) is 8.98. The third-order valence-corrected chi connectivity index (χ3v) is 5.13. The highest BCUT2D eigenvalue weighted by atomic mass is 16.3. The number of benzene rings is 1. The Kier molecular flexibility index (Phi) is 4.40. The summed E-state index contributed by atoms with van der Waals surface area (Å²) in [5.41, 5.74) is 2.76. The summed E-state index contributed by atoms with van der Waals surface area (Å²) in [5, 5.41) is 10.4. The monoisotopic (exact) mass is 337 g/mol. The van der Waals surface area contributed by atoms with Crippen LogP contribution in [-0.2, 0) is 6.54 Å². The molecule has 25 heavy (non-hydrogen) atoms. The molecule has 1 saturated heterocycles. The molecule has 5 nitrogen and oxygen atoms in total. The number of aliphatic hydroxyl groups is 1. The Hall–Kier alpha value is -2.40. The average molecular weight is 337 g/mol. The molecule has 4 rings (SSSR count). The Bertz CT molecular complexity index is 754. The number of anilines is 1. The van der Waals surface area contributed by atoms with Gasteiger partial charge in [0.15, 0.2) is 0 Å². The van der Waals surface area contributed by atoms with Crippen LogP contribution in [0.2, 0.25) is 0 Å². The van der Waals surface area contributed by atoms with Crippen molar-refractivity contribution >= 4 is 11.7 Å². The van der Waals surface area contributed by atoms with E-state index in [4.69, 9.17) is 0 Å². The second-order valence-corrected chi connectivity index (χ2v) is 6.85. The van der Waals surface area contributed by atoms with Crippen LogP contribution >= 0.6 is 0 Å². The Balaban J connectivity index is 1.50. The normalized spacial score (nSPS) is 20.3. The number of rotatable bonds is 2. The molecular weight excluding hydrogens is 314 g/mol. The van der Waals surface area contributed by atoms with E-state index >= 15 is 0 Å². The fourth-order valence-electron chi connectivity index (χ4n) is 3.73. The molecule has 5 heteroatoms. The number of piperidine rings is 1. The summed E-state index contributed by atoms with van der Waals surface area (Å²) in [4.78, 5) is 21.0. The molecule has 0 spiro atoms. The molecule has 1 aromatic carbocycles. The van der Waals surface area contributed by atoms with Crippen LogP contribution in [0, 0.1) is 0 Å². The van der Waals surface area contributed by atoms with Gasteiger partial charge in [0.2, 0.25) is 0 Å². The number of β-amino-alcohol motifs (C(OH)–C–C–N with tert-alkyl or cyclic N) is 1. The number of amides is 1. The minimum atomic E-state index is -0.513. The van der Waals surface area contributed by atoms with Crippen molar-refractivity contribution in [2.75, 3.05) is 24.5 Å². The van der Waals surface area contributed by atoms with E-state index in [-0.39, 0.29) is 5.91 Å². The van der Waals surface area contributed by atoms with Gasteiger partial charge >= 0.3 is 0 Å². The lowest BCUT2D eigenvalue weighted by molar-refractivity contribution is 0.0724. The van der Waals surface area contributed by atoms with Gasteiger partial charge in [-0.15, -0.1) is 0 Å². The van der Waals surface area contributed by atoms with Gasteiger partial charge in [-0.2, -0.15) is 0 Å². The minimum Gasteiger partial charge on any atom is -0.387 e. The lowest BCUT2D eigenvalue weighted by atomic mass is 9.97. The Labute approximate surface area is 147 Å². The van der Waals surface area contributed by atoms with Crippen LogP contribution in [0.25, 0.3) is 0 Å². The van der Waals surface area contributed by atoms with Crippen LogP contribution in [0.15, 0.2) is 42.6 Å². The maximum atomic E-state index is 12.5. The van der Waals surface area contributed by atoms with E-state index in [0.29, 0.717) is 12.1 Å². The smallest absolute Gasteiger partial charge is 0.255 e. The highest BCUT2D eigenvalue weighted by Crippen LogP contribution is 2.29.